The lowest BCUT2D eigenvalue weighted by atomic mass is 10.1. The molecule has 0 bridgehead atoms. The zero-order valence-corrected chi connectivity index (χ0v) is 20.7. The highest BCUT2D eigenvalue weighted by molar-refractivity contribution is 5.85. The number of methoxy groups -OCH3 is 1. The van der Waals surface area contributed by atoms with Gasteiger partial charge in [0.1, 0.15) is 0 Å². The lowest BCUT2D eigenvalue weighted by Crippen LogP contribution is -2.44. The second kappa shape index (κ2) is 12.9. The van der Waals surface area contributed by atoms with E-state index in [1.54, 1.807) is 12.0 Å². The standard InChI is InChI=1S/C28H37N3O3/c1-4-5-10-27(32)31(17-18-34-3)21-28(33)30(20-23-13-11-22(2)12-14-23)16-15-24-19-29-26-9-7-6-8-25(24)26/h6-9,11-14,19,29H,4-5,10,15-18,20-21H2,1-3H3. The fourth-order valence-electron chi connectivity index (χ4n) is 4.04. The molecule has 6 nitrogen and oxygen atoms in total. The van der Waals surface area contributed by atoms with Gasteiger partial charge < -0.3 is 19.5 Å². The van der Waals surface area contributed by atoms with Gasteiger partial charge in [0.25, 0.3) is 0 Å². The number of para-hydroxylation sites is 1. The number of nitrogens with zero attached hydrogens (tertiary/aromatic N) is 2. The molecule has 34 heavy (non-hydrogen) atoms. The summed E-state index contributed by atoms with van der Waals surface area (Å²) in [5, 5.41) is 1.18. The fourth-order valence-corrected chi connectivity index (χ4v) is 4.04. The quantitative estimate of drug-likeness (QED) is 0.399. The Labute approximate surface area is 202 Å². The van der Waals surface area contributed by atoms with Crippen molar-refractivity contribution in [2.45, 2.75) is 46.1 Å². The summed E-state index contributed by atoms with van der Waals surface area (Å²) in [4.78, 5) is 33.1. The first-order chi connectivity index (χ1) is 16.5. The molecule has 3 aromatic rings. The van der Waals surface area contributed by atoms with Crippen LogP contribution in [0.15, 0.2) is 54.7 Å². The van der Waals surface area contributed by atoms with Crippen LogP contribution in [-0.2, 0) is 27.3 Å². The number of aromatic nitrogens is 1. The van der Waals surface area contributed by atoms with Crippen LogP contribution in [0, 0.1) is 6.92 Å². The van der Waals surface area contributed by atoms with Gasteiger partial charge in [-0.05, 0) is 37.0 Å². The fraction of sp³-hybridized carbons (Fsp3) is 0.429. The van der Waals surface area contributed by atoms with Crippen molar-refractivity contribution < 1.29 is 14.3 Å². The highest BCUT2D eigenvalue weighted by atomic mass is 16.5. The molecule has 1 N–H and O–H groups in total. The number of aromatic amines is 1. The predicted octanol–water partition coefficient (Wildman–Crippen LogP) is 4.71. The third-order valence-electron chi connectivity index (χ3n) is 6.16. The first-order valence-corrected chi connectivity index (χ1v) is 12.2. The van der Waals surface area contributed by atoms with Gasteiger partial charge in [0.15, 0.2) is 0 Å². The van der Waals surface area contributed by atoms with E-state index in [0.29, 0.717) is 32.7 Å². The number of amides is 2. The Morgan fingerprint density at radius 3 is 2.47 bits per heavy atom. The van der Waals surface area contributed by atoms with E-state index in [-0.39, 0.29) is 18.4 Å². The van der Waals surface area contributed by atoms with Crippen LogP contribution in [0.1, 0.15) is 42.9 Å². The summed E-state index contributed by atoms with van der Waals surface area (Å²) in [5.41, 5.74) is 4.56. The van der Waals surface area contributed by atoms with E-state index in [2.05, 4.69) is 55.2 Å². The number of benzene rings is 2. The Hall–Kier alpha value is -3.12. The topological polar surface area (TPSA) is 65.6 Å². The lowest BCUT2D eigenvalue weighted by Gasteiger charge is -2.28. The maximum Gasteiger partial charge on any atom is 0.242 e. The molecule has 0 spiro atoms. The maximum absolute atomic E-state index is 13.5. The average molecular weight is 464 g/mol. The number of nitrogens with one attached hydrogen (secondary N) is 1. The highest BCUT2D eigenvalue weighted by Gasteiger charge is 2.21. The third kappa shape index (κ3) is 7.19. The van der Waals surface area contributed by atoms with Gasteiger partial charge in [0, 0.05) is 50.3 Å². The van der Waals surface area contributed by atoms with E-state index < -0.39 is 0 Å². The largest absolute Gasteiger partial charge is 0.383 e. The SMILES string of the molecule is CCCCC(=O)N(CCOC)CC(=O)N(CCc1c[nH]c2ccccc12)Cc1ccc(C)cc1. The maximum atomic E-state index is 13.5. The molecule has 0 aliphatic rings. The smallest absolute Gasteiger partial charge is 0.242 e. The molecule has 0 unspecified atom stereocenters. The number of aryl methyl sites for hydroxylation is 1. The molecule has 0 saturated heterocycles. The van der Waals surface area contributed by atoms with Gasteiger partial charge in [-0.25, -0.2) is 0 Å². The second-order valence-corrected chi connectivity index (χ2v) is 8.82. The summed E-state index contributed by atoms with van der Waals surface area (Å²) in [7, 11) is 1.61. The van der Waals surface area contributed by atoms with Gasteiger partial charge in [-0.15, -0.1) is 0 Å². The first-order valence-electron chi connectivity index (χ1n) is 12.2. The summed E-state index contributed by atoms with van der Waals surface area (Å²) in [5.74, 6) is -0.0273. The zero-order valence-electron chi connectivity index (χ0n) is 20.7. The summed E-state index contributed by atoms with van der Waals surface area (Å²) in [6.07, 6.45) is 4.99. The molecule has 3 rings (SSSR count). The van der Waals surface area contributed by atoms with Crippen LogP contribution in [0.25, 0.3) is 10.9 Å². The molecule has 0 saturated carbocycles. The van der Waals surface area contributed by atoms with E-state index in [1.165, 1.54) is 16.5 Å². The number of carbonyl (C=O) groups is 2. The number of H-pyrrole nitrogens is 1. The first kappa shape index (κ1) is 25.5. The van der Waals surface area contributed by atoms with Gasteiger partial charge in [0.05, 0.1) is 13.2 Å². The Bertz CT molecular complexity index is 1060. The van der Waals surface area contributed by atoms with E-state index >= 15 is 0 Å². The van der Waals surface area contributed by atoms with E-state index in [1.807, 2.05) is 23.2 Å². The molecule has 0 fully saturated rings. The van der Waals surface area contributed by atoms with Gasteiger partial charge in [-0.2, -0.15) is 0 Å². The molecule has 0 aliphatic heterocycles. The van der Waals surface area contributed by atoms with Gasteiger partial charge in [-0.1, -0.05) is 61.4 Å². The predicted molar refractivity (Wildman–Crippen MR) is 137 cm³/mol. The van der Waals surface area contributed by atoms with Gasteiger partial charge >= 0.3 is 0 Å². The lowest BCUT2D eigenvalue weighted by molar-refractivity contribution is -0.141. The van der Waals surface area contributed by atoms with Crippen LogP contribution in [-0.4, -0.2) is 59.9 Å². The monoisotopic (exact) mass is 463 g/mol. The van der Waals surface area contributed by atoms with Crippen molar-refractivity contribution in [1.82, 2.24) is 14.8 Å². The molecule has 0 radical (unpaired) electrons. The summed E-state index contributed by atoms with van der Waals surface area (Å²) in [6.45, 7) is 6.12. The average Bonchev–Trinajstić information content (AvgIpc) is 3.27. The Morgan fingerprint density at radius 1 is 0.971 bits per heavy atom. The van der Waals surface area contributed by atoms with Crippen molar-refractivity contribution in [3.05, 3.63) is 71.4 Å². The number of hydrogen-bond donors (Lipinski definition) is 1. The Kier molecular flexibility index (Phi) is 9.71. The number of rotatable bonds is 13. The molecule has 2 amide bonds. The van der Waals surface area contributed by atoms with Gasteiger partial charge in [-0.3, -0.25) is 9.59 Å². The molecule has 1 heterocycles. The number of fused-ring (bicyclic) bond motifs is 1. The second-order valence-electron chi connectivity index (χ2n) is 8.82. The molecule has 0 atom stereocenters. The van der Waals surface area contributed by atoms with Crippen LogP contribution < -0.4 is 0 Å². The molecule has 1 aromatic heterocycles. The number of carbonyl (C=O) groups excluding carboxylic acids is 2. The van der Waals surface area contributed by atoms with Crippen molar-refractivity contribution in [3.8, 4) is 0 Å². The van der Waals surface area contributed by atoms with Gasteiger partial charge in [0.2, 0.25) is 11.8 Å². The van der Waals surface area contributed by atoms with Crippen molar-refractivity contribution in [2.24, 2.45) is 0 Å². The number of unbranched alkanes of at least 4 members (excludes halogenated alkanes) is 1. The summed E-state index contributed by atoms with van der Waals surface area (Å²) >= 11 is 0. The van der Waals surface area contributed by atoms with Crippen molar-refractivity contribution in [3.63, 3.8) is 0 Å². The van der Waals surface area contributed by atoms with Crippen molar-refractivity contribution in [2.75, 3.05) is 33.4 Å². The number of hydrogen-bond acceptors (Lipinski definition) is 3. The Balaban J connectivity index is 1.75. The Morgan fingerprint density at radius 2 is 1.74 bits per heavy atom. The van der Waals surface area contributed by atoms with Crippen molar-refractivity contribution >= 4 is 22.7 Å². The summed E-state index contributed by atoms with van der Waals surface area (Å²) in [6, 6.07) is 16.5. The normalized spacial score (nSPS) is 11.0. The summed E-state index contributed by atoms with van der Waals surface area (Å²) < 4.78 is 5.19. The van der Waals surface area contributed by atoms with Crippen molar-refractivity contribution in [1.29, 1.82) is 0 Å². The molecule has 6 heteroatoms. The minimum Gasteiger partial charge on any atom is -0.383 e. The molecule has 182 valence electrons. The highest BCUT2D eigenvalue weighted by Crippen LogP contribution is 2.19. The molecular weight excluding hydrogens is 426 g/mol. The number of ether oxygens (including phenoxy) is 1. The third-order valence-corrected chi connectivity index (χ3v) is 6.16. The van der Waals surface area contributed by atoms with Crippen LogP contribution >= 0.6 is 0 Å². The molecule has 2 aromatic carbocycles. The van der Waals surface area contributed by atoms with Crippen LogP contribution in [0.2, 0.25) is 0 Å². The van der Waals surface area contributed by atoms with E-state index in [9.17, 15) is 9.59 Å². The minimum atomic E-state index is -0.0404. The van der Waals surface area contributed by atoms with E-state index in [4.69, 9.17) is 4.74 Å². The zero-order chi connectivity index (χ0) is 24.3. The van der Waals surface area contributed by atoms with Crippen LogP contribution in [0.5, 0.6) is 0 Å². The van der Waals surface area contributed by atoms with Crippen LogP contribution in [0.4, 0.5) is 0 Å². The molecule has 0 aliphatic carbocycles. The minimum absolute atomic E-state index is 0.0131. The molecular formula is C28H37N3O3. The van der Waals surface area contributed by atoms with Crippen LogP contribution in [0.3, 0.4) is 0 Å². The van der Waals surface area contributed by atoms with E-state index in [0.717, 1.165) is 30.3 Å².